The van der Waals surface area contributed by atoms with Crippen LogP contribution in [0.5, 0.6) is 11.5 Å². The third kappa shape index (κ3) is 4.39. The maximum Gasteiger partial charge on any atom is 0.251 e. The fourth-order valence-electron chi connectivity index (χ4n) is 1.74. The summed E-state index contributed by atoms with van der Waals surface area (Å²) in [7, 11) is 1.59. The molecular formula is C16H16ClNO3. The molecule has 0 saturated heterocycles. The van der Waals surface area contributed by atoms with E-state index in [2.05, 4.69) is 5.32 Å². The fraction of sp³-hybridized carbons (Fsp3) is 0.188. The molecule has 5 heteroatoms. The lowest BCUT2D eigenvalue weighted by atomic mass is 10.2. The van der Waals surface area contributed by atoms with E-state index in [1.807, 2.05) is 12.1 Å². The molecule has 0 bridgehead atoms. The molecule has 110 valence electrons. The Morgan fingerprint density at radius 3 is 2.62 bits per heavy atom. The van der Waals surface area contributed by atoms with Gasteiger partial charge in [-0.1, -0.05) is 29.8 Å². The van der Waals surface area contributed by atoms with Gasteiger partial charge in [0.1, 0.15) is 24.7 Å². The third-order valence-electron chi connectivity index (χ3n) is 2.77. The van der Waals surface area contributed by atoms with Crippen molar-refractivity contribution in [3.8, 4) is 11.5 Å². The van der Waals surface area contributed by atoms with E-state index in [0.29, 0.717) is 35.3 Å². The van der Waals surface area contributed by atoms with Gasteiger partial charge in [-0.05, 0) is 30.3 Å². The lowest BCUT2D eigenvalue weighted by Crippen LogP contribution is -2.17. The van der Waals surface area contributed by atoms with Gasteiger partial charge < -0.3 is 14.8 Å². The highest BCUT2D eigenvalue weighted by Crippen LogP contribution is 2.23. The first kappa shape index (κ1) is 15.2. The van der Waals surface area contributed by atoms with Gasteiger partial charge in [0.05, 0.1) is 5.02 Å². The number of hydrogen-bond donors (Lipinski definition) is 1. The van der Waals surface area contributed by atoms with Gasteiger partial charge in [0.15, 0.2) is 0 Å². The minimum Gasteiger partial charge on any atom is -0.490 e. The molecule has 2 rings (SSSR count). The van der Waals surface area contributed by atoms with Crippen LogP contribution in [0.15, 0.2) is 48.5 Å². The zero-order valence-corrected chi connectivity index (χ0v) is 12.4. The molecule has 0 aliphatic carbocycles. The van der Waals surface area contributed by atoms with Gasteiger partial charge in [-0.25, -0.2) is 0 Å². The number of ether oxygens (including phenoxy) is 2. The fourth-order valence-corrected chi connectivity index (χ4v) is 1.93. The number of carbonyl (C=O) groups excluding carboxylic acids is 1. The predicted octanol–water partition coefficient (Wildman–Crippen LogP) is 3.16. The summed E-state index contributed by atoms with van der Waals surface area (Å²) < 4.78 is 11.1. The summed E-state index contributed by atoms with van der Waals surface area (Å²) >= 11 is 5.98. The van der Waals surface area contributed by atoms with Crippen molar-refractivity contribution in [3.05, 3.63) is 59.1 Å². The number of halogens is 1. The third-order valence-corrected chi connectivity index (χ3v) is 3.08. The van der Waals surface area contributed by atoms with Crippen LogP contribution in [0.25, 0.3) is 0 Å². The molecule has 0 atom stereocenters. The first-order chi connectivity index (χ1) is 10.2. The molecule has 0 radical (unpaired) electrons. The molecule has 0 aromatic heterocycles. The van der Waals surface area contributed by atoms with Gasteiger partial charge in [-0.15, -0.1) is 0 Å². The normalized spacial score (nSPS) is 10.0. The number of rotatable bonds is 6. The zero-order valence-electron chi connectivity index (χ0n) is 11.6. The Balaban J connectivity index is 1.84. The van der Waals surface area contributed by atoms with E-state index in [0.717, 1.165) is 0 Å². The second kappa shape index (κ2) is 7.55. The lowest BCUT2D eigenvalue weighted by molar-refractivity contribution is 0.0962. The van der Waals surface area contributed by atoms with Gasteiger partial charge >= 0.3 is 0 Å². The van der Waals surface area contributed by atoms with E-state index >= 15 is 0 Å². The molecule has 0 aliphatic rings. The summed E-state index contributed by atoms with van der Waals surface area (Å²) in [5, 5.41) is 3.14. The molecule has 0 aliphatic heterocycles. The summed E-state index contributed by atoms with van der Waals surface area (Å²) in [6, 6.07) is 14.3. The van der Waals surface area contributed by atoms with E-state index in [-0.39, 0.29) is 5.91 Å². The molecule has 2 aromatic carbocycles. The summed E-state index contributed by atoms with van der Waals surface area (Å²) in [5.74, 6) is 1.11. The van der Waals surface area contributed by atoms with E-state index in [1.54, 1.807) is 43.4 Å². The number of carbonyl (C=O) groups is 1. The number of benzene rings is 2. The van der Waals surface area contributed by atoms with Gasteiger partial charge in [-0.2, -0.15) is 0 Å². The minimum atomic E-state index is -0.146. The number of nitrogens with one attached hydrogen (secondary N) is 1. The molecule has 0 unspecified atom stereocenters. The largest absolute Gasteiger partial charge is 0.490 e. The molecule has 2 aromatic rings. The second-order valence-corrected chi connectivity index (χ2v) is 4.64. The number of amides is 1. The molecule has 21 heavy (non-hydrogen) atoms. The summed E-state index contributed by atoms with van der Waals surface area (Å²) in [6.45, 7) is 0.732. The summed E-state index contributed by atoms with van der Waals surface area (Å²) in [4.78, 5) is 11.5. The van der Waals surface area contributed by atoms with Crippen LogP contribution in [-0.2, 0) is 0 Å². The first-order valence-corrected chi connectivity index (χ1v) is 6.91. The Hall–Kier alpha value is -2.20. The van der Waals surface area contributed by atoms with Crippen molar-refractivity contribution in [1.29, 1.82) is 0 Å². The van der Waals surface area contributed by atoms with Gasteiger partial charge in [0, 0.05) is 12.6 Å². The zero-order chi connectivity index (χ0) is 15.1. The molecule has 0 spiro atoms. The quantitative estimate of drug-likeness (QED) is 0.834. The molecule has 1 N–H and O–H groups in total. The van der Waals surface area contributed by atoms with Crippen LogP contribution < -0.4 is 14.8 Å². The monoisotopic (exact) mass is 305 g/mol. The summed E-state index contributed by atoms with van der Waals surface area (Å²) in [6.07, 6.45) is 0. The highest BCUT2D eigenvalue weighted by atomic mass is 35.5. The van der Waals surface area contributed by atoms with Crippen molar-refractivity contribution in [2.45, 2.75) is 0 Å². The second-order valence-electron chi connectivity index (χ2n) is 4.23. The summed E-state index contributed by atoms with van der Waals surface area (Å²) in [5.41, 5.74) is 0.557. The molecule has 0 saturated carbocycles. The molecule has 4 nitrogen and oxygen atoms in total. The maximum absolute atomic E-state index is 11.5. The Labute approximate surface area is 128 Å². The highest BCUT2D eigenvalue weighted by molar-refractivity contribution is 6.32. The van der Waals surface area contributed by atoms with Crippen LogP contribution in [-0.4, -0.2) is 26.2 Å². The Morgan fingerprint density at radius 2 is 1.86 bits per heavy atom. The van der Waals surface area contributed by atoms with Crippen molar-refractivity contribution in [3.63, 3.8) is 0 Å². The van der Waals surface area contributed by atoms with Crippen molar-refractivity contribution in [2.24, 2.45) is 0 Å². The maximum atomic E-state index is 11.5. The Kier molecular flexibility index (Phi) is 5.46. The van der Waals surface area contributed by atoms with Gasteiger partial charge in [0.25, 0.3) is 5.91 Å². The van der Waals surface area contributed by atoms with Crippen molar-refractivity contribution in [1.82, 2.24) is 5.32 Å². The first-order valence-electron chi connectivity index (χ1n) is 6.53. The van der Waals surface area contributed by atoms with Crippen molar-refractivity contribution < 1.29 is 14.3 Å². The number of para-hydroxylation sites is 1. The van der Waals surface area contributed by atoms with E-state index < -0.39 is 0 Å². The van der Waals surface area contributed by atoms with Crippen LogP contribution in [0.4, 0.5) is 0 Å². The molecule has 1 amide bonds. The van der Waals surface area contributed by atoms with E-state index in [4.69, 9.17) is 21.1 Å². The van der Waals surface area contributed by atoms with Crippen LogP contribution in [0.2, 0.25) is 5.02 Å². The average Bonchev–Trinajstić information content (AvgIpc) is 2.52. The molecular weight excluding hydrogens is 290 g/mol. The standard InChI is InChI=1S/C16H16ClNO3/c1-18-16(19)12-5-4-6-13(11-12)20-9-10-21-15-8-3-2-7-14(15)17/h2-8,11H,9-10H2,1H3,(H,18,19). The van der Waals surface area contributed by atoms with Crippen LogP contribution in [0.1, 0.15) is 10.4 Å². The van der Waals surface area contributed by atoms with E-state index in [1.165, 1.54) is 0 Å². The van der Waals surface area contributed by atoms with E-state index in [9.17, 15) is 4.79 Å². The predicted molar refractivity (Wildman–Crippen MR) is 82.3 cm³/mol. The van der Waals surface area contributed by atoms with Crippen LogP contribution in [0.3, 0.4) is 0 Å². The molecule has 0 fully saturated rings. The SMILES string of the molecule is CNC(=O)c1cccc(OCCOc2ccccc2Cl)c1. The smallest absolute Gasteiger partial charge is 0.251 e. The molecule has 0 heterocycles. The highest BCUT2D eigenvalue weighted by Gasteiger charge is 2.04. The average molecular weight is 306 g/mol. The number of hydrogen-bond acceptors (Lipinski definition) is 3. The van der Waals surface area contributed by atoms with Gasteiger partial charge in [-0.3, -0.25) is 4.79 Å². The van der Waals surface area contributed by atoms with Crippen molar-refractivity contribution in [2.75, 3.05) is 20.3 Å². The topological polar surface area (TPSA) is 47.6 Å². The van der Waals surface area contributed by atoms with Crippen LogP contribution >= 0.6 is 11.6 Å². The Bertz CT molecular complexity index is 616. The Morgan fingerprint density at radius 1 is 1.10 bits per heavy atom. The lowest BCUT2D eigenvalue weighted by Gasteiger charge is -2.10. The van der Waals surface area contributed by atoms with Crippen LogP contribution in [0, 0.1) is 0 Å². The van der Waals surface area contributed by atoms with Gasteiger partial charge in [0.2, 0.25) is 0 Å². The van der Waals surface area contributed by atoms with Crippen molar-refractivity contribution >= 4 is 17.5 Å². The minimum absolute atomic E-state index is 0.146.